The van der Waals surface area contributed by atoms with Gasteiger partial charge in [0.15, 0.2) is 6.10 Å². The first-order chi connectivity index (χ1) is 30.5. The SMILES string of the molecule is CCCCCC/C=C\CCCCCCCCCC(=O)OCC(COC(=O)CCCCC/C=C\CCCCCCCCC)OC(=O)CCCCCCCCC/C=C\CCCCCC. The molecule has 1 atom stereocenters. The predicted molar refractivity (Wildman–Crippen MR) is 266 cm³/mol. The molecule has 0 aliphatic carbocycles. The minimum atomic E-state index is -0.779. The van der Waals surface area contributed by atoms with Gasteiger partial charge in [-0.05, 0) is 96.3 Å². The minimum absolute atomic E-state index is 0.0791. The number of carbonyl (C=O) groups excluding carboxylic acids is 3. The number of hydrogen-bond acceptors (Lipinski definition) is 6. The maximum absolute atomic E-state index is 12.8. The number of ether oxygens (including phenoxy) is 3. The van der Waals surface area contributed by atoms with Crippen molar-refractivity contribution in [3.05, 3.63) is 36.5 Å². The van der Waals surface area contributed by atoms with Crippen molar-refractivity contribution in [2.24, 2.45) is 0 Å². The lowest BCUT2D eigenvalue weighted by Gasteiger charge is -2.18. The molecule has 6 heteroatoms. The first-order valence-electron chi connectivity index (χ1n) is 27.0. The fourth-order valence-corrected chi connectivity index (χ4v) is 7.72. The summed E-state index contributed by atoms with van der Waals surface area (Å²) in [6.07, 6.45) is 59.8. The average molecular weight is 871 g/mol. The molecule has 0 bridgehead atoms. The van der Waals surface area contributed by atoms with Crippen LogP contribution in [0.15, 0.2) is 36.5 Å². The highest BCUT2D eigenvalue weighted by Gasteiger charge is 2.19. The summed E-state index contributed by atoms with van der Waals surface area (Å²) in [4.78, 5) is 38.0. The van der Waals surface area contributed by atoms with Crippen molar-refractivity contribution in [2.45, 2.75) is 290 Å². The molecule has 6 nitrogen and oxygen atoms in total. The van der Waals surface area contributed by atoms with Crippen LogP contribution in [0.25, 0.3) is 0 Å². The Morgan fingerprint density at radius 1 is 0.306 bits per heavy atom. The number of allylic oxidation sites excluding steroid dienone is 6. The molecule has 0 aliphatic rings. The Bertz CT molecular complexity index is 1050. The lowest BCUT2D eigenvalue weighted by molar-refractivity contribution is -0.167. The van der Waals surface area contributed by atoms with E-state index in [0.29, 0.717) is 19.3 Å². The van der Waals surface area contributed by atoms with Crippen molar-refractivity contribution in [3.63, 3.8) is 0 Å². The summed E-state index contributed by atoms with van der Waals surface area (Å²) in [7, 11) is 0. The Morgan fingerprint density at radius 3 is 0.839 bits per heavy atom. The van der Waals surface area contributed by atoms with E-state index in [4.69, 9.17) is 14.2 Å². The van der Waals surface area contributed by atoms with Crippen LogP contribution in [0.3, 0.4) is 0 Å². The van der Waals surface area contributed by atoms with Gasteiger partial charge in [0.25, 0.3) is 0 Å². The van der Waals surface area contributed by atoms with Crippen LogP contribution in [0.1, 0.15) is 284 Å². The third kappa shape index (κ3) is 48.7. The Kier molecular flexibility index (Phi) is 49.3. The second-order valence-corrected chi connectivity index (χ2v) is 18.1. The van der Waals surface area contributed by atoms with Gasteiger partial charge < -0.3 is 14.2 Å². The van der Waals surface area contributed by atoms with Crippen molar-refractivity contribution in [2.75, 3.05) is 13.2 Å². The van der Waals surface area contributed by atoms with E-state index >= 15 is 0 Å². The second-order valence-electron chi connectivity index (χ2n) is 18.1. The van der Waals surface area contributed by atoms with E-state index in [1.54, 1.807) is 0 Å². The van der Waals surface area contributed by atoms with E-state index in [0.717, 1.165) is 70.6 Å². The van der Waals surface area contributed by atoms with E-state index < -0.39 is 6.10 Å². The smallest absolute Gasteiger partial charge is 0.306 e. The van der Waals surface area contributed by atoms with Gasteiger partial charge in [0.2, 0.25) is 0 Å². The summed E-state index contributed by atoms with van der Waals surface area (Å²) in [5, 5.41) is 0. The van der Waals surface area contributed by atoms with Crippen molar-refractivity contribution < 1.29 is 28.6 Å². The largest absolute Gasteiger partial charge is 0.462 e. The third-order valence-electron chi connectivity index (χ3n) is 11.8. The van der Waals surface area contributed by atoms with Crippen LogP contribution in [0, 0.1) is 0 Å². The van der Waals surface area contributed by atoms with Crippen molar-refractivity contribution in [3.8, 4) is 0 Å². The Balaban J connectivity index is 4.39. The maximum Gasteiger partial charge on any atom is 0.306 e. The van der Waals surface area contributed by atoms with Crippen LogP contribution in [0.4, 0.5) is 0 Å². The lowest BCUT2D eigenvalue weighted by atomic mass is 10.1. The Morgan fingerprint density at radius 2 is 0.532 bits per heavy atom. The van der Waals surface area contributed by atoms with Crippen molar-refractivity contribution in [1.82, 2.24) is 0 Å². The zero-order chi connectivity index (χ0) is 45.1. The number of unbranched alkanes of at least 4 members (excludes halogenated alkanes) is 32. The molecule has 0 fully saturated rings. The molecule has 0 aromatic heterocycles. The summed E-state index contributed by atoms with van der Waals surface area (Å²) >= 11 is 0. The van der Waals surface area contributed by atoms with Gasteiger partial charge in [-0.2, -0.15) is 0 Å². The van der Waals surface area contributed by atoms with Gasteiger partial charge in [-0.25, -0.2) is 0 Å². The standard InChI is InChI=1S/C56H102O6/c1-4-7-10-13-16-19-22-25-28-31-34-37-40-43-46-49-55(58)61-52-53(51-60-54(57)48-45-42-39-36-33-30-27-24-21-18-15-12-9-6-3)62-56(59)50-47-44-41-38-35-32-29-26-23-20-17-14-11-8-5-2/h19-20,22-23,30,33,53H,4-18,21,24-29,31-32,34-52H2,1-3H3/b22-19-,23-20-,33-30-. The summed E-state index contributed by atoms with van der Waals surface area (Å²) in [5.74, 6) is -0.893. The Hall–Kier alpha value is -2.37. The van der Waals surface area contributed by atoms with Crippen LogP contribution in [0.2, 0.25) is 0 Å². The normalized spacial score (nSPS) is 12.2. The van der Waals surface area contributed by atoms with Gasteiger partial charge in [-0.15, -0.1) is 0 Å². The van der Waals surface area contributed by atoms with Crippen LogP contribution in [0.5, 0.6) is 0 Å². The monoisotopic (exact) mass is 871 g/mol. The molecule has 0 aliphatic heterocycles. The Labute approximate surface area is 385 Å². The molecule has 62 heavy (non-hydrogen) atoms. The van der Waals surface area contributed by atoms with Crippen LogP contribution in [-0.4, -0.2) is 37.2 Å². The van der Waals surface area contributed by atoms with E-state index in [1.807, 2.05) is 0 Å². The highest BCUT2D eigenvalue weighted by Crippen LogP contribution is 2.15. The second kappa shape index (κ2) is 51.3. The van der Waals surface area contributed by atoms with Gasteiger partial charge in [0.1, 0.15) is 13.2 Å². The van der Waals surface area contributed by atoms with Gasteiger partial charge in [-0.1, -0.05) is 205 Å². The number of carbonyl (C=O) groups is 3. The molecular weight excluding hydrogens is 769 g/mol. The topological polar surface area (TPSA) is 78.9 Å². The van der Waals surface area contributed by atoms with E-state index in [-0.39, 0.29) is 31.1 Å². The number of esters is 3. The molecule has 1 unspecified atom stereocenters. The molecule has 0 saturated carbocycles. The van der Waals surface area contributed by atoms with Crippen molar-refractivity contribution >= 4 is 17.9 Å². The van der Waals surface area contributed by atoms with Gasteiger partial charge >= 0.3 is 17.9 Å². The molecule has 0 radical (unpaired) electrons. The first kappa shape index (κ1) is 59.6. The molecule has 0 heterocycles. The maximum atomic E-state index is 12.8. The first-order valence-corrected chi connectivity index (χ1v) is 27.0. The minimum Gasteiger partial charge on any atom is -0.462 e. The fraction of sp³-hybridized carbons (Fsp3) is 0.839. The average Bonchev–Trinajstić information content (AvgIpc) is 3.27. The van der Waals surface area contributed by atoms with Gasteiger partial charge in [0, 0.05) is 19.3 Å². The molecule has 0 amide bonds. The molecule has 0 aromatic rings. The molecule has 0 aromatic carbocycles. The van der Waals surface area contributed by atoms with E-state index in [9.17, 15) is 14.4 Å². The zero-order valence-corrected chi connectivity index (χ0v) is 41.4. The van der Waals surface area contributed by atoms with Crippen LogP contribution in [-0.2, 0) is 28.6 Å². The molecule has 362 valence electrons. The predicted octanol–water partition coefficient (Wildman–Crippen LogP) is 17.7. The van der Waals surface area contributed by atoms with E-state index in [2.05, 4.69) is 57.2 Å². The molecular formula is C56H102O6. The number of rotatable bonds is 49. The number of hydrogen-bond donors (Lipinski definition) is 0. The summed E-state index contributed by atoms with van der Waals surface area (Å²) in [6, 6.07) is 0. The lowest BCUT2D eigenvalue weighted by Crippen LogP contribution is -2.30. The highest BCUT2D eigenvalue weighted by molar-refractivity contribution is 5.71. The highest BCUT2D eigenvalue weighted by atomic mass is 16.6. The molecule has 0 N–H and O–H groups in total. The zero-order valence-electron chi connectivity index (χ0n) is 41.4. The van der Waals surface area contributed by atoms with Crippen molar-refractivity contribution in [1.29, 1.82) is 0 Å². The summed E-state index contributed by atoms with van der Waals surface area (Å²) < 4.78 is 16.8. The summed E-state index contributed by atoms with van der Waals surface area (Å²) in [5.41, 5.74) is 0. The summed E-state index contributed by atoms with van der Waals surface area (Å²) in [6.45, 7) is 6.61. The molecule has 0 saturated heterocycles. The van der Waals surface area contributed by atoms with Gasteiger partial charge in [0.05, 0.1) is 0 Å². The van der Waals surface area contributed by atoms with Crippen LogP contribution < -0.4 is 0 Å². The fourth-order valence-electron chi connectivity index (χ4n) is 7.72. The third-order valence-corrected chi connectivity index (χ3v) is 11.8. The molecule has 0 rings (SSSR count). The quantitative estimate of drug-likeness (QED) is 0.0262. The molecule has 0 spiro atoms. The van der Waals surface area contributed by atoms with Gasteiger partial charge in [-0.3, -0.25) is 14.4 Å². The van der Waals surface area contributed by atoms with Crippen LogP contribution >= 0.6 is 0 Å². The van der Waals surface area contributed by atoms with E-state index in [1.165, 1.54) is 173 Å².